The summed E-state index contributed by atoms with van der Waals surface area (Å²) >= 11 is 0. The maximum Gasteiger partial charge on any atom is 0.264 e. The van der Waals surface area contributed by atoms with Gasteiger partial charge in [-0.25, -0.2) is 8.42 Å². The van der Waals surface area contributed by atoms with Gasteiger partial charge in [0.05, 0.1) is 17.7 Å². The zero-order valence-electron chi connectivity index (χ0n) is 22.4. The standard InChI is InChI=1S/C29H35N3O5S/c1-22(28(34)30-29(2,3)4)31(20-23-14-8-6-9-15-23)27(33)21-32(25-18-12-13-19-26(25)37-5)38(35,36)24-16-10-7-11-17-24/h6-19,22H,20-21H2,1-5H3,(H,30,34)/t22-/m0/s1. The van der Waals surface area contributed by atoms with Crippen LogP contribution < -0.4 is 14.4 Å². The molecule has 0 heterocycles. The van der Waals surface area contributed by atoms with Crippen LogP contribution in [0, 0.1) is 0 Å². The van der Waals surface area contributed by atoms with Gasteiger partial charge in [0, 0.05) is 12.1 Å². The highest BCUT2D eigenvalue weighted by Gasteiger charge is 2.34. The molecule has 3 rings (SSSR count). The Balaban J connectivity index is 2.05. The SMILES string of the molecule is COc1ccccc1N(CC(=O)N(Cc1ccccc1)[C@@H](C)C(=O)NC(C)(C)C)S(=O)(=O)c1ccccc1. The summed E-state index contributed by atoms with van der Waals surface area (Å²) in [4.78, 5) is 28.5. The first-order chi connectivity index (χ1) is 17.9. The number of anilines is 1. The number of rotatable bonds is 10. The molecule has 0 bridgehead atoms. The van der Waals surface area contributed by atoms with Crippen molar-refractivity contribution in [3.63, 3.8) is 0 Å². The molecule has 3 aromatic rings. The minimum atomic E-state index is -4.16. The van der Waals surface area contributed by atoms with Gasteiger partial charge in [-0.3, -0.25) is 13.9 Å². The van der Waals surface area contributed by atoms with Crippen LogP contribution in [0.2, 0.25) is 0 Å². The molecule has 38 heavy (non-hydrogen) atoms. The van der Waals surface area contributed by atoms with Crippen LogP contribution in [0.25, 0.3) is 0 Å². The fraction of sp³-hybridized carbons (Fsp3) is 0.310. The van der Waals surface area contributed by atoms with Crippen LogP contribution in [-0.2, 0) is 26.2 Å². The molecule has 0 saturated heterocycles. The molecule has 8 nitrogen and oxygen atoms in total. The summed E-state index contributed by atoms with van der Waals surface area (Å²) in [5.41, 5.74) is 0.525. The molecule has 0 aliphatic carbocycles. The smallest absolute Gasteiger partial charge is 0.264 e. The summed E-state index contributed by atoms with van der Waals surface area (Å²) in [6.45, 7) is 6.81. The third kappa shape index (κ3) is 7.13. The number of sulfonamides is 1. The van der Waals surface area contributed by atoms with Crippen LogP contribution in [-0.4, -0.2) is 50.4 Å². The molecule has 2 amide bonds. The van der Waals surface area contributed by atoms with Gasteiger partial charge in [-0.05, 0) is 57.5 Å². The Morgan fingerprint density at radius 2 is 1.45 bits per heavy atom. The minimum Gasteiger partial charge on any atom is -0.495 e. The molecule has 202 valence electrons. The molecule has 0 spiro atoms. The number of amides is 2. The van der Waals surface area contributed by atoms with Crippen molar-refractivity contribution in [2.75, 3.05) is 18.0 Å². The predicted molar refractivity (Wildman–Crippen MR) is 148 cm³/mol. The van der Waals surface area contributed by atoms with Crippen molar-refractivity contribution in [1.82, 2.24) is 10.2 Å². The molecule has 1 N–H and O–H groups in total. The van der Waals surface area contributed by atoms with Gasteiger partial charge >= 0.3 is 0 Å². The summed E-state index contributed by atoms with van der Waals surface area (Å²) in [7, 11) is -2.72. The van der Waals surface area contributed by atoms with Crippen molar-refractivity contribution >= 4 is 27.5 Å². The van der Waals surface area contributed by atoms with E-state index in [-0.39, 0.29) is 23.0 Å². The first kappa shape index (κ1) is 28.7. The average molecular weight is 538 g/mol. The third-order valence-electron chi connectivity index (χ3n) is 5.83. The summed E-state index contributed by atoms with van der Waals surface area (Å²) < 4.78 is 34.1. The largest absolute Gasteiger partial charge is 0.495 e. The Hall–Kier alpha value is -3.85. The summed E-state index contributed by atoms with van der Waals surface area (Å²) in [5, 5.41) is 2.91. The van der Waals surface area contributed by atoms with Crippen molar-refractivity contribution < 1.29 is 22.7 Å². The molecule has 0 aliphatic rings. The number of benzene rings is 3. The first-order valence-electron chi connectivity index (χ1n) is 12.3. The van der Waals surface area contributed by atoms with Crippen LogP contribution in [0.4, 0.5) is 5.69 Å². The van der Waals surface area contributed by atoms with Crippen LogP contribution in [0.1, 0.15) is 33.3 Å². The van der Waals surface area contributed by atoms with Crippen molar-refractivity contribution in [2.24, 2.45) is 0 Å². The molecule has 0 unspecified atom stereocenters. The second-order valence-corrected chi connectivity index (χ2v) is 11.8. The lowest BCUT2D eigenvalue weighted by Crippen LogP contribution is -2.54. The van der Waals surface area contributed by atoms with Gasteiger partial charge in [0.2, 0.25) is 11.8 Å². The molecule has 0 aliphatic heterocycles. The van der Waals surface area contributed by atoms with E-state index in [1.54, 1.807) is 49.4 Å². The van der Waals surface area contributed by atoms with Gasteiger partial charge in [0.1, 0.15) is 18.3 Å². The lowest BCUT2D eigenvalue weighted by molar-refractivity contribution is -0.140. The Morgan fingerprint density at radius 3 is 2.03 bits per heavy atom. The molecular weight excluding hydrogens is 502 g/mol. The number of carbonyl (C=O) groups excluding carboxylic acids is 2. The number of nitrogens with one attached hydrogen (secondary N) is 1. The van der Waals surface area contributed by atoms with E-state index in [0.29, 0.717) is 5.75 Å². The third-order valence-corrected chi connectivity index (χ3v) is 7.60. The van der Waals surface area contributed by atoms with Crippen molar-refractivity contribution in [3.8, 4) is 5.75 Å². The number of para-hydroxylation sites is 2. The van der Waals surface area contributed by atoms with Gasteiger partial charge in [-0.15, -0.1) is 0 Å². The topological polar surface area (TPSA) is 96.0 Å². The van der Waals surface area contributed by atoms with Crippen LogP contribution in [0.5, 0.6) is 5.75 Å². The molecular formula is C29H35N3O5S. The summed E-state index contributed by atoms with van der Waals surface area (Å²) in [6.07, 6.45) is 0. The van der Waals surface area contributed by atoms with E-state index in [1.165, 1.54) is 24.1 Å². The monoisotopic (exact) mass is 537 g/mol. The number of methoxy groups -OCH3 is 1. The van der Waals surface area contributed by atoms with E-state index in [0.717, 1.165) is 9.87 Å². The molecule has 0 radical (unpaired) electrons. The second kappa shape index (κ2) is 12.1. The van der Waals surface area contributed by atoms with Gasteiger partial charge in [0.15, 0.2) is 0 Å². The maximum absolute atomic E-state index is 13.9. The molecule has 9 heteroatoms. The maximum atomic E-state index is 13.9. The zero-order chi connectivity index (χ0) is 27.9. The van der Waals surface area contributed by atoms with E-state index in [2.05, 4.69) is 5.32 Å². The summed E-state index contributed by atoms with van der Waals surface area (Å²) in [6, 6.07) is 22.9. The fourth-order valence-corrected chi connectivity index (χ4v) is 5.35. The molecule has 0 fully saturated rings. The normalized spacial score (nSPS) is 12.3. The van der Waals surface area contributed by atoms with E-state index >= 15 is 0 Å². The number of nitrogens with zero attached hydrogens (tertiary/aromatic N) is 2. The van der Waals surface area contributed by atoms with Gasteiger partial charge < -0.3 is 15.0 Å². The van der Waals surface area contributed by atoms with Gasteiger partial charge in [-0.1, -0.05) is 60.7 Å². The molecule has 0 saturated carbocycles. The Labute approximate surface area is 225 Å². The molecule has 0 aromatic heterocycles. The van der Waals surface area contributed by atoms with Gasteiger partial charge in [-0.2, -0.15) is 0 Å². The Bertz CT molecular complexity index is 1340. The first-order valence-corrected chi connectivity index (χ1v) is 13.7. The number of carbonyl (C=O) groups is 2. The Morgan fingerprint density at radius 1 is 0.895 bits per heavy atom. The highest BCUT2D eigenvalue weighted by atomic mass is 32.2. The lowest BCUT2D eigenvalue weighted by atomic mass is 10.1. The number of ether oxygens (including phenoxy) is 1. The van der Waals surface area contributed by atoms with E-state index in [9.17, 15) is 18.0 Å². The second-order valence-electron chi connectivity index (χ2n) is 9.92. The fourth-order valence-electron chi connectivity index (χ4n) is 3.91. The Kier molecular flexibility index (Phi) is 9.17. The minimum absolute atomic E-state index is 0.0341. The van der Waals surface area contributed by atoms with Crippen molar-refractivity contribution in [2.45, 2.75) is 50.7 Å². The molecule has 3 aromatic carbocycles. The van der Waals surface area contributed by atoms with E-state index in [4.69, 9.17) is 4.74 Å². The predicted octanol–water partition coefficient (Wildman–Crippen LogP) is 4.22. The van der Waals surface area contributed by atoms with Crippen LogP contribution >= 0.6 is 0 Å². The average Bonchev–Trinajstić information content (AvgIpc) is 2.90. The lowest BCUT2D eigenvalue weighted by Gasteiger charge is -2.33. The van der Waals surface area contributed by atoms with Crippen LogP contribution in [0.3, 0.4) is 0 Å². The quantitative estimate of drug-likeness (QED) is 0.418. The van der Waals surface area contributed by atoms with Crippen LogP contribution in [0.15, 0.2) is 89.8 Å². The van der Waals surface area contributed by atoms with Crippen molar-refractivity contribution in [1.29, 1.82) is 0 Å². The molecule has 1 atom stereocenters. The van der Waals surface area contributed by atoms with E-state index in [1.807, 2.05) is 51.1 Å². The highest BCUT2D eigenvalue weighted by Crippen LogP contribution is 2.32. The zero-order valence-corrected chi connectivity index (χ0v) is 23.2. The van der Waals surface area contributed by atoms with Crippen molar-refractivity contribution in [3.05, 3.63) is 90.5 Å². The number of hydrogen-bond donors (Lipinski definition) is 1. The highest BCUT2D eigenvalue weighted by molar-refractivity contribution is 7.92. The number of hydrogen-bond acceptors (Lipinski definition) is 5. The van der Waals surface area contributed by atoms with Gasteiger partial charge in [0.25, 0.3) is 10.0 Å². The van der Waals surface area contributed by atoms with E-state index < -0.39 is 34.1 Å². The summed E-state index contributed by atoms with van der Waals surface area (Å²) in [5.74, 6) is -0.569.